The summed E-state index contributed by atoms with van der Waals surface area (Å²) in [7, 11) is 1.46. The first-order valence-corrected chi connectivity index (χ1v) is 5.40. The second-order valence-electron chi connectivity index (χ2n) is 3.70. The number of carbonyl (C=O) groups excluding carboxylic acids is 1. The van der Waals surface area contributed by atoms with Gasteiger partial charge in [0, 0.05) is 6.07 Å². The van der Waals surface area contributed by atoms with Crippen LogP contribution in [0.2, 0.25) is 0 Å². The summed E-state index contributed by atoms with van der Waals surface area (Å²) in [6, 6.07) is 6.80. The fourth-order valence-corrected chi connectivity index (χ4v) is 1.46. The fourth-order valence-electron chi connectivity index (χ4n) is 1.46. The third-order valence-electron chi connectivity index (χ3n) is 2.42. The molecule has 19 heavy (non-hydrogen) atoms. The second kappa shape index (κ2) is 5.34. The summed E-state index contributed by atoms with van der Waals surface area (Å²) >= 11 is 0. The summed E-state index contributed by atoms with van der Waals surface area (Å²) in [5, 5.41) is 12.1. The Morgan fingerprint density at radius 1 is 1.37 bits per heavy atom. The van der Waals surface area contributed by atoms with Crippen molar-refractivity contribution in [3.05, 3.63) is 47.9 Å². The molecule has 1 aromatic heterocycles. The van der Waals surface area contributed by atoms with Crippen LogP contribution in [0.3, 0.4) is 0 Å². The quantitative estimate of drug-likeness (QED) is 0.889. The molecule has 1 amide bonds. The van der Waals surface area contributed by atoms with Crippen LogP contribution in [0, 0.1) is 5.82 Å². The summed E-state index contributed by atoms with van der Waals surface area (Å²) in [6.45, 7) is 0. The number of nitrogens with zero attached hydrogens (tertiary/aromatic N) is 1. The fraction of sp³-hybridized carbons (Fsp3) is 0.0769. The zero-order chi connectivity index (χ0) is 13.8. The number of ether oxygens (including phenoxy) is 1. The Balaban J connectivity index is 2.18. The third-order valence-corrected chi connectivity index (χ3v) is 2.42. The van der Waals surface area contributed by atoms with Gasteiger partial charge in [-0.25, -0.2) is 9.37 Å². The van der Waals surface area contributed by atoms with Crippen LogP contribution in [-0.4, -0.2) is 23.1 Å². The van der Waals surface area contributed by atoms with Crippen molar-refractivity contribution < 1.29 is 19.0 Å². The summed E-state index contributed by atoms with van der Waals surface area (Å²) < 4.78 is 17.6. The van der Waals surface area contributed by atoms with Crippen LogP contribution in [0.1, 0.15) is 10.4 Å². The van der Waals surface area contributed by atoms with E-state index < -0.39 is 11.7 Å². The van der Waals surface area contributed by atoms with E-state index in [1.165, 1.54) is 31.4 Å². The van der Waals surface area contributed by atoms with Gasteiger partial charge in [-0.05, 0) is 24.3 Å². The molecular formula is C13H11FN2O3. The average Bonchev–Trinajstić information content (AvgIpc) is 2.41. The van der Waals surface area contributed by atoms with Gasteiger partial charge in [0.25, 0.3) is 5.91 Å². The Hall–Kier alpha value is -2.63. The molecule has 0 unspecified atom stereocenters. The first kappa shape index (κ1) is 12.8. The normalized spacial score (nSPS) is 10.0. The smallest absolute Gasteiger partial charge is 0.260 e. The molecule has 0 fully saturated rings. The number of hydrogen-bond acceptors (Lipinski definition) is 4. The number of pyridine rings is 1. The van der Waals surface area contributed by atoms with Crippen molar-refractivity contribution in [1.82, 2.24) is 4.98 Å². The Kier molecular flexibility index (Phi) is 3.61. The zero-order valence-corrected chi connectivity index (χ0v) is 10.1. The van der Waals surface area contributed by atoms with E-state index in [9.17, 15) is 14.3 Å². The van der Waals surface area contributed by atoms with E-state index in [-0.39, 0.29) is 17.1 Å². The van der Waals surface area contributed by atoms with Gasteiger partial charge in [-0.15, -0.1) is 0 Å². The number of benzene rings is 1. The number of phenols is 1. The maximum atomic E-state index is 12.7. The number of aromatic nitrogens is 1. The van der Waals surface area contributed by atoms with Crippen LogP contribution in [-0.2, 0) is 0 Å². The lowest BCUT2D eigenvalue weighted by Crippen LogP contribution is -2.13. The number of rotatable bonds is 3. The third kappa shape index (κ3) is 2.98. The monoisotopic (exact) mass is 262 g/mol. The van der Waals surface area contributed by atoms with Gasteiger partial charge in [-0.3, -0.25) is 4.79 Å². The van der Waals surface area contributed by atoms with E-state index in [1.54, 1.807) is 6.07 Å². The predicted molar refractivity (Wildman–Crippen MR) is 66.8 cm³/mol. The molecule has 0 saturated carbocycles. The number of hydrogen-bond donors (Lipinski definition) is 2. The minimum Gasteiger partial charge on any atom is -0.507 e. The molecule has 98 valence electrons. The lowest BCUT2D eigenvalue weighted by atomic mass is 10.2. The standard InChI is InChI=1S/C13H11FN2O3/c1-19-9-3-4-10(11(17)6-9)13(18)16-12-5-2-8(14)7-15-12/h2-7,17H,1H3,(H,15,16,18). The predicted octanol–water partition coefficient (Wildman–Crippen LogP) is 2.19. The van der Waals surface area contributed by atoms with Crippen LogP contribution in [0.5, 0.6) is 11.5 Å². The lowest BCUT2D eigenvalue weighted by Gasteiger charge is -2.07. The Labute approximate surface area is 108 Å². The summed E-state index contributed by atoms with van der Waals surface area (Å²) in [5.74, 6) is -0.612. The highest BCUT2D eigenvalue weighted by atomic mass is 19.1. The van der Waals surface area contributed by atoms with Gasteiger partial charge >= 0.3 is 0 Å². The van der Waals surface area contributed by atoms with Gasteiger partial charge in [0.2, 0.25) is 0 Å². The number of amides is 1. The molecule has 5 nitrogen and oxygen atoms in total. The van der Waals surface area contributed by atoms with Crippen LogP contribution >= 0.6 is 0 Å². The maximum Gasteiger partial charge on any atom is 0.260 e. The van der Waals surface area contributed by atoms with E-state index in [1.807, 2.05) is 0 Å². The molecule has 0 spiro atoms. The number of nitrogens with one attached hydrogen (secondary N) is 1. The number of phenolic OH excluding ortho intramolecular Hbond substituents is 1. The first-order valence-electron chi connectivity index (χ1n) is 5.40. The molecule has 0 saturated heterocycles. The van der Waals surface area contributed by atoms with Gasteiger partial charge < -0.3 is 15.2 Å². The van der Waals surface area contributed by atoms with E-state index in [4.69, 9.17) is 4.74 Å². The maximum absolute atomic E-state index is 12.7. The topological polar surface area (TPSA) is 71.5 Å². The zero-order valence-electron chi connectivity index (χ0n) is 10.1. The van der Waals surface area contributed by atoms with E-state index in [0.29, 0.717) is 5.75 Å². The molecule has 0 radical (unpaired) electrons. The highest BCUT2D eigenvalue weighted by molar-refractivity contribution is 6.05. The average molecular weight is 262 g/mol. The number of carbonyl (C=O) groups is 1. The van der Waals surface area contributed by atoms with Crippen LogP contribution in [0.25, 0.3) is 0 Å². The molecule has 0 aliphatic carbocycles. The van der Waals surface area contributed by atoms with Crippen molar-refractivity contribution in [2.45, 2.75) is 0 Å². The highest BCUT2D eigenvalue weighted by Crippen LogP contribution is 2.24. The Morgan fingerprint density at radius 2 is 2.16 bits per heavy atom. The second-order valence-corrected chi connectivity index (χ2v) is 3.70. The van der Waals surface area contributed by atoms with Gasteiger partial charge in [0.1, 0.15) is 23.1 Å². The minimum absolute atomic E-state index is 0.0759. The summed E-state index contributed by atoms with van der Waals surface area (Å²) in [6.07, 6.45) is 0.990. The van der Waals surface area contributed by atoms with Crippen molar-refractivity contribution in [3.63, 3.8) is 0 Å². The Bertz CT molecular complexity index is 599. The number of methoxy groups -OCH3 is 1. The molecular weight excluding hydrogens is 251 g/mol. The highest BCUT2D eigenvalue weighted by Gasteiger charge is 2.12. The molecule has 1 aromatic carbocycles. The number of aromatic hydroxyl groups is 1. The largest absolute Gasteiger partial charge is 0.507 e. The van der Waals surface area contributed by atoms with Crippen molar-refractivity contribution in [2.75, 3.05) is 12.4 Å². The van der Waals surface area contributed by atoms with Crippen molar-refractivity contribution in [1.29, 1.82) is 0 Å². The van der Waals surface area contributed by atoms with E-state index >= 15 is 0 Å². The molecule has 0 aliphatic rings. The van der Waals surface area contributed by atoms with Gasteiger partial charge in [-0.2, -0.15) is 0 Å². The van der Waals surface area contributed by atoms with Gasteiger partial charge in [-0.1, -0.05) is 0 Å². The SMILES string of the molecule is COc1ccc(C(=O)Nc2ccc(F)cn2)c(O)c1. The minimum atomic E-state index is -0.542. The van der Waals surface area contributed by atoms with Crippen molar-refractivity contribution in [2.24, 2.45) is 0 Å². The van der Waals surface area contributed by atoms with Crippen LogP contribution in [0.15, 0.2) is 36.5 Å². The van der Waals surface area contributed by atoms with Gasteiger partial charge in [0.05, 0.1) is 18.9 Å². The number of halogens is 1. The number of anilines is 1. The molecule has 0 atom stereocenters. The molecule has 6 heteroatoms. The molecule has 0 aliphatic heterocycles. The summed E-state index contributed by atoms with van der Waals surface area (Å²) in [4.78, 5) is 15.6. The van der Waals surface area contributed by atoms with E-state index in [2.05, 4.69) is 10.3 Å². The molecule has 1 heterocycles. The molecule has 0 bridgehead atoms. The molecule has 2 aromatic rings. The summed E-state index contributed by atoms with van der Waals surface area (Å²) in [5.41, 5.74) is 0.0759. The van der Waals surface area contributed by atoms with Gasteiger partial charge in [0.15, 0.2) is 0 Å². The van der Waals surface area contributed by atoms with Crippen molar-refractivity contribution in [3.8, 4) is 11.5 Å². The lowest BCUT2D eigenvalue weighted by molar-refractivity contribution is 0.102. The molecule has 2 rings (SSSR count). The van der Waals surface area contributed by atoms with Crippen molar-refractivity contribution >= 4 is 11.7 Å². The Morgan fingerprint density at radius 3 is 2.74 bits per heavy atom. The first-order chi connectivity index (χ1) is 9.10. The molecule has 2 N–H and O–H groups in total. The van der Waals surface area contributed by atoms with E-state index in [0.717, 1.165) is 6.20 Å². The van der Waals surface area contributed by atoms with Crippen LogP contribution in [0.4, 0.5) is 10.2 Å². The van der Waals surface area contributed by atoms with Crippen LogP contribution < -0.4 is 10.1 Å².